The first-order chi connectivity index (χ1) is 14.0. The van der Waals surface area contributed by atoms with E-state index in [-0.39, 0.29) is 5.91 Å². The molecule has 5 nitrogen and oxygen atoms in total. The lowest BCUT2D eigenvalue weighted by Gasteiger charge is -2.08. The van der Waals surface area contributed by atoms with Gasteiger partial charge >= 0.3 is 0 Å². The van der Waals surface area contributed by atoms with E-state index in [1.807, 2.05) is 30.3 Å². The Morgan fingerprint density at radius 2 is 1.93 bits per heavy atom. The van der Waals surface area contributed by atoms with Crippen LogP contribution in [-0.4, -0.2) is 18.0 Å². The Kier molecular flexibility index (Phi) is 5.56. The molecule has 0 spiro atoms. The number of carbonyl (C=O) groups excluding carboxylic acids is 1. The number of carbonyl (C=O) groups is 1. The fourth-order valence-electron chi connectivity index (χ4n) is 2.92. The molecule has 7 heteroatoms. The second kappa shape index (κ2) is 8.27. The molecule has 0 aliphatic heterocycles. The second-order valence-electron chi connectivity index (χ2n) is 6.40. The number of ether oxygens (including phenoxy) is 1. The lowest BCUT2D eigenvalue weighted by Crippen LogP contribution is -2.11. The van der Waals surface area contributed by atoms with Gasteiger partial charge in [0, 0.05) is 22.7 Å². The molecule has 146 valence electrons. The topological polar surface area (TPSA) is 64.4 Å². The summed E-state index contributed by atoms with van der Waals surface area (Å²) in [6.07, 6.45) is 0.548. The summed E-state index contributed by atoms with van der Waals surface area (Å²) < 4.78 is 11.7. The highest BCUT2D eigenvalue weighted by atomic mass is 79.9. The number of benzene rings is 3. The molecule has 0 saturated carbocycles. The van der Waals surface area contributed by atoms with Crippen LogP contribution in [-0.2, 0) is 6.42 Å². The van der Waals surface area contributed by atoms with Crippen LogP contribution in [0.3, 0.4) is 0 Å². The number of aromatic nitrogens is 1. The lowest BCUT2D eigenvalue weighted by molar-refractivity contribution is 0.102. The number of nitrogens with zero attached hydrogens (tertiary/aromatic N) is 1. The van der Waals surface area contributed by atoms with Crippen LogP contribution in [0, 0.1) is 0 Å². The third-order valence-corrected chi connectivity index (χ3v) is 5.23. The second-order valence-corrected chi connectivity index (χ2v) is 7.69. The zero-order chi connectivity index (χ0) is 20.4. The molecule has 0 aliphatic carbocycles. The average molecular weight is 472 g/mol. The summed E-state index contributed by atoms with van der Waals surface area (Å²) >= 11 is 9.38. The van der Waals surface area contributed by atoms with Crippen molar-refractivity contribution in [3.63, 3.8) is 0 Å². The van der Waals surface area contributed by atoms with E-state index in [2.05, 4.69) is 26.2 Å². The summed E-state index contributed by atoms with van der Waals surface area (Å²) in [6, 6.07) is 18.1. The minimum absolute atomic E-state index is 0.197. The van der Waals surface area contributed by atoms with Gasteiger partial charge in [0.15, 0.2) is 11.5 Å². The van der Waals surface area contributed by atoms with Gasteiger partial charge in [0.1, 0.15) is 11.3 Å². The first-order valence-corrected chi connectivity index (χ1v) is 9.98. The fourth-order valence-corrected chi connectivity index (χ4v) is 3.62. The molecule has 0 bridgehead atoms. The average Bonchev–Trinajstić information content (AvgIpc) is 3.10. The number of hydrogen-bond donors (Lipinski definition) is 1. The van der Waals surface area contributed by atoms with E-state index < -0.39 is 0 Å². The molecule has 0 aliphatic rings. The van der Waals surface area contributed by atoms with Crippen molar-refractivity contribution in [3.8, 4) is 5.75 Å². The molecule has 1 amide bonds. The predicted molar refractivity (Wildman–Crippen MR) is 117 cm³/mol. The molecule has 0 unspecified atom stereocenters. The Morgan fingerprint density at radius 1 is 1.14 bits per heavy atom. The van der Waals surface area contributed by atoms with Crippen LogP contribution in [0.25, 0.3) is 11.1 Å². The van der Waals surface area contributed by atoms with Gasteiger partial charge in [0.2, 0.25) is 0 Å². The zero-order valence-electron chi connectivity index (χ0n) is 15.4. The Bertz CT molecular complexity index is 1190. The summed E-state index contributed by atoms with van der Waals surface area (Å²) in [5, 5.41) is 3.51. The molecule has 1 heterocycles. The van der Waals surface area contributed by atoms with E-state index in [9.17, 15) is 4.79 Å². The molecule has 4 aromatic rings. The molecule has 4 rings (SSSR count). The highest BCUT2D eigenvalue weighted by Gasteiger charge is 2.10. The van der Waals surface area contributed by atoms with Crippen molar-refractivity contribution in [3.05, 3.63) is 87.2 Å². The molecular weight excluding hydrogens is 456 g/mol. The largest absolute Gasteiger partial charge is 0.496 e. The van der Waals surface area contributed by atoms with Crippen LogP contribution in [0.15, 0.2) is 69.6 Å². The minimum atomic E-state index is -0.197. The van der Waals surface area contributed by atoms with E-state index in [1.54, 1.807) is 37.4 Å². The minimum Gasteiger partial charge on any atom is -0.496 e. The number of rotatable bonds is 5. The number of anilines is 1. The maximum absolute atomic E-state index is 12.5. The van der Waals surface area contributed by atoms with Crippen molar-refractivity contribution < 1.29 is 13.9 Å². The van der Waals surface area contributed by atoms with Gasteiger partial charge in [-0.3, -0.25) is 4.79 Å². The van der Waals surface area contributed by atoms with Crippen molar-refractivity contribution in [2.45, 2.75) is 6.42 Å². The first kappa shape index (κ1) is 19.5. The normalized spacial score (nSPS) is 10.9. The molecule has 0 radical (unpaired) electrons. The number of fused-ring (bicyclic) bond motifs is 1. The SMILES string of the molecule is COc1ccc(C(=O)Nc2ccc(Cc3nc4cc(Cl)ccc4o3)cc2)cc1Br. The van der Waals surface area contributed by atoms with Crippen molar-refractivity contribution in [2.75, 3.05) is 12.4 Å². The van der Waals surface area contributed by atoms with Gasteiger partial charge in [-0.2, -0.15) is 0 Å². The predicted octanol–water partition coefficient (Wildman–Crippen LogP) is 6.10. The third kappa shape index (κ3) is 4.44. The van der Waals surface area contributed by atoms with Crippen LogP contribution < -0.4 is 10.1 Å². The summed E-state index contributed by atoms with van der Waals surface area (Å²) in [5.74, 6) is 1.09. The van der Waals surface area contributed by atoms with Gasteiger partial charge in [0.25, 0.3) is 5.91 Å². The number of nitrogens with one attached hydrogen (secondary N) is 1. The van der Waals surface area contributed by atoms with Gasteiger partial charge in [-0.05, 0) is 70.0 Å². The van der Waals surface area contributed by atoms with Crippen molar-refractivity contribution in [1.29, 1.82) is 0 Å². The Labute approximate surface area is 180 Å². The molecule has 1 N–H and O–H groups in total. The number of methoxy groups -OCH3 is 1. The van der Waals surface area contributed by atoms with E-state index in [1.165, 1.54) is 0 Å². The molecule has 29 heavy (non-hydrogen) atoms. The van der Waals surface area contributed by atoms with Crippen LogP contribution >= 0.6 is 27.5 Å². The van der Waals surface area contributed by atoms with Crippen LogP contribution in [0.2, 0.25) is 5.02 Å². The van der Waals surface area contributed by atoms with Crippen LogP contribution in [0.5, 0.6) is 5.75 Å². The zero-order valence-corrected chi connectivity index (χ0v) is 17.8. The van der Waals surface area contributed by atoms with Gasteiger partial charge < -0.3 is 14.5 Å². The Balaban J connectivity index is 1.44. The quantitative estimate of drug-likeness (QED) is 0.382. The number of hydrogen-bond acceptors (Lipinski definition) is 4. The number of halogens is 2. The summed E-state index contributed by atoms with van der Waals surface area (Å²) in [4.78, 5) is 16.9. The van der Waals surface area contributed by atoms with Crippen molar-refractivity contribution >= 4 is 50.2 Å². The molecular formula is C22H16BrClN2O3. The smallest absolute Gasteiger partial charge is 0.255 e. The molecule has 1 aromatic heterocycles. The summed E-state index contributed by atoms with van der Waals surface area (Å²) in [5.41, 5.74) is 3.70. The summed E-state index contributed by atoms with van der Waals surface area (Å²) in [7, 11) is 1.58. The van der Waals surface area contributed by atoms with E-state index in [0.29, 0.717) is 39.9 Å². The van der Waals surface area contributed by atoms with Crippen LogP contribution in [0.1, 0.15) is 21.8 Å². The molecule has 3 aromatic carbocycles. The number of amides is 1. The van der Waals surface area contributed by atoms with Crippen molar-refractivity contribution in [2.24, 2.45) is 0 Å². The fraction of sp³-hybridized carbons (Fsp3) is 0.0909. The van der Waals surface area contributed by atoms with E-state index >= 15 is 0 Å². The maximum atomic E-state index is 12.5. The first-order valence-electron chi connectivity index (χ1n) is 8.80. The third-order valence-electron chi connectivity index (χ3n) is 4.38. The standard InChI is InChI=1S/C22H16BrClN2O3/c1-28-19-8-4-14(11-17(19)23)22(27)25-16-6-2-13(3-7-16)10-21-26-18-12-15(24)5-9-20(18)29-21/h2-9,11-12H,10H2,1H3,(H,25,27). The van der Waals surface area contributed by atoms with E-state index in [4.69, 9.17) is 20.8 Å². The lowest BCUT2D eigenvalue weighted by atomic mass is 10.1. The van der Waals surface area contributed by atoms with Gasteiger partial charge in [-0.25, -0.2) is 4.98 Å². The van der Waals surface area contributed by atoms with E-state index in [0.717, 1.165) is 15.6 Å². The monoisotopic (exact) mass is 470 g/mol. The van der Waals surface area contributed by atoms with Gasteiger partial charge in [0.05, 0.1) is 11.6 Å². The Hall–Kier alpha value is -2.83. The number of oxazole rings is 1. The molecule has 0 fully saturated rings. The van der Waals surface area contributed by atoms with Gasteiger partial charge in [-0.1, -0.05) is 23.7 Å². The summed E-state index contributed by atoms with van der Waals surface area (Å²) in [6.45, 7) is 0. The highest BCUT2D eigenvalue weighted by molar-refractivity contribution is 9.10. The highest BCUT2D eigenvalue weighted by Crippen LogP contribution is 2.26. The van der Waals surface area contributed by atoms with Crippen molar-refractivity contribution in [1.82, 2.24) is 4.98 Å². The molecule has 0 atom stereocenters. The Morgan fingerprint density at radius 3 is 2.66 bits per heavy atom. The maximum Gasteiger partial charge on any atom is 0.255 e. The van der Waals surface area contributed by atoms with Crippen LogP contribution in [0.4, 0.5) is 5.69 Å². The molecule has 0 saturated heterocycles. The van der Waals surface area contributed by atoms with Gasteiger partial charge in [-0.15, -0.1) is 0 Å².